The Bertz CT molecular complexity index is 640. The van der Waals surface area contributed by atoms with Crippen LogP contribution in [0, 0.1) is 5.92 Å². The standard InChI is InChI=1S/C13H18N2O5S/c1-20-12-5-4-9(6-10(12)13(14)17)21(18,19)15-7-11(16)8-2-3-8/h4-6,8,11,15-16H,2-3,7H2,1H3,(H2,14,17). The quantitative estimate of drug-likeness (QED) is 0.646. The zero-order valence-electron chi connectivity index (χ0n) is 11.6. The van der Waals surface area contributed by atoms with Gasteiger partial charge in [-0.25, -0.2) is 13.1 Å². The van der Waals surface area contributed by atoms with Crippen LogP contribution in [0.2, 0.25) is 0 Å². The Labute approximate surface area is 123 Å². The van der Waals surface area contributed by atoms with Gasteiger partial charge in [0.05, 0.1) is 23.7 Å². The minimum Gasteiger partial charge on any atom is -0.496 e. The Hall–Kier alpha value is -1.64. The molecular formula is C13H18N2O5S. The molecule has 2 rings (SSSR count). The van der Waals surface area contributed by atoms with E-state index in [0.717, 1.165) is 18.9 Å². The smallest absolute Gasteiger partial charge is 0.252 e. The zero-order valence-corrected chi connectivity index (χ0v) is 12.4. The molecule has 0 radical (unpaired) electrons. The van der Waals surface area contributed by atoms with Gasteiger partial charge >= 0.3 is 0 Å². The number of primary amides is 1. The number of amides is 1. The Balaban J connectivity index is 2.18. The first kappa shape index (κ1) is 15.7. The molecule has 0 bridgehead atoms. The van der Waals surface area contributed by atoms with Gasteiger partial charge in [-0.3, -0.25) is 4.79 Å². The highest BCUT2D eigenvalue weighted by molar-refractivity contribution is 7.89. The molecule has 7 nitrogen and oxygen atoms in total. The molecule has 8 heteroatoms. The minimum atomic E-state index is -3.82. The summed E-state index contributed by atoms with van der Waals surface area (Å²) in [6, 6.07) is 3.84. The van der Waals surface area contributed by atoms with Crippen LogP contribution < -0.4 is 15.2 Å². The zero-order chi connectivity index (χ0) is 15.6. The van der Waals surface area contributed by atoms with Crippen LogP contribution in [0.25, 0.3) is 0 Å². The van der Waals surface area contributed by atoms with E-state index in [2.05, 4.69) is 4.72 Å². The van der Waals surface area contributed by atoms with E-state index in [4.69, 9.17) is 10.5 Å². The second-order valence-corrected chi connectivity index (χ2v) is 6.75. The van der Waals surface area contributed by atoms with Crippen molar-refractivity contribution in [3.63, 3.8) is 0 Å². The number of hydrogen-bond acceptors (Lipinski definition) is 5. The molecule has 1 aromatic carbocycles. The van der Waals surface area contributed by atoms with E-state index in [-0.39, 0.29) is 28.7 Å². The van der Waals surface area contributed by atoms with Gasteiger partial charge in [0.15, 0.2) is 0 Å². The molecule has 0 spiro atoms. The van der Waals surface area contributed by atoms with Crippen LogP contribution in [0.5, 0.6) is 5.75 Å². The monoisotopic (exact) mass is 314 g/mol. The number of methoxy groups -OCH3 is 1. The summed E-state index contributed by atoms with van der Waals surface area (Å²) in [7, 11) is -2.45. The van der Waals surface area contributed by atoms with E-state index in [1.807, 2.05) is 0 Å². The first-order valence-corrected chi connectivity index (χ1v) is 7.99. The SMILES string of the molecule is COc1ccc(S(=O)(=O)NCC(O)C2CC2)cc1C(N)=O. The summed E-state index contributed by atoms with van der Waals surface area (Å²) in [6.45, 7) is -0.0507. The van der Waals surface area contributed by atoms with E-state index in [1.54, 1.807) is 0 Å². The van der Waals surface area contributed by atoms with E-state index in [9.17, 15) is 18.3 Å². The lowest BCUT2D eigenvalue weighted by atomic mass is 10.2. The number of carbonyl (C=O) groups is 1. The molecule has 1 amide bonds. The summed E-state index contributed by atoms with van der Waals surface area (Å²) in [5.74, 6) is -0.397. The van der Waals surface area contributed by atoms with E-state index < -0.39 is 22.0 Å². The first-order chi connectivity index (χ1) is 9.85. The lowest BCUT2D eigenvalue weighted by Gasteiger charge is -2.12. The van der Waals surface area contributed by atoms with Gasteiger partial charge in [0.1, 0.15) is 5.75 Å². The maximum atomic E-state index is 12.1. The van der Waals surface area contributed by atoms with Crippen LogP contribution in [0.3, 0.4) is 0 Å². The fourth-order valence-corrected chi connectivity index (χ4v) is 3.05. The third kappa shape index (κ3) is 3.72. The summed E-state index contributed by atoms with van der Waals surface area (Å²) in [6.07, 6.45) is 1.14. The van der Waals surface area contributed by atoms with Gasteiger partial charge in [-0.15, -0.1) is 0 Å². The highest BCUT2D eigenvalue weighted by Gasteiger charge is 2.30. The Morgan fingerprint density at radius 1 is 1.52 bits per heavy atom. The number of benzene rings is 1. The van der Waals surface area contributed by atoms with Gasteiger partial charge in [0, 0.05) is 6.54 Å². The number of sulfonamides is 1. The van der Waals surface area contributed by atoms with Crippen molar-refractivity contribution in [1.82, 2.24) is 4.72 Å². The number of nitrogens with two attached hydrogens (primary N) is 1. The predicted octanol–water partition coefficient (Wildman–Crippen LogP) is -0.157. The largest absolute Gasteiger partial charge is 0.496 e. The van der Waals surface area contributed by atoms with Gasteiger partial charge in [-0.05, 0) is 37.0 Å². The molecule has 1 atom stereocenters. The number of aliphatic hydroxyl groups is 1. The van der Waals surface area contributed by atoms with Gasteiger partial charge in [-0.1, -0.05) is 0 Å². The van der Waals surface area contributed by atoms with Crippen molar-refractivity contribution in [2.45, 2.75) is 23.8 Å². The maximum absolute atomic E-state index is 12.1. The Morgan fingerprint density at radius 3 is 2.71 bits per heavy atom. The van der Waals surface area contributed by atoms with Crippen LogP contribution in [-0.2, 0) is 10.0 Å². The third-order valence-electron chi connectivity index (χ3n) is 3.40. The summed E-state index contributed by atoms with van der Waals surface area (Å²) in [5.41, 5.74) is 5.19. The molecule has 1 aliphatic carbocycles. The second-order valence-electron chi connectivity index (χ2n) is 4.98. The highest BCUT2D eigenvalue weighted by Crippen LogP contribution is 2.32. The van der Waals surface area contributed by atoms with Gasteiger partial charge in [-0.2, -0.15) is 0 Å². The van der Waals surface area contributed by atoms with Crippen molar-refractivity contribution in [2.75, 3.05) is 13.7 Å². The van der Waals surface area contributed by atoms with Crippen molar-refractivity contribution < 1.29 is 23.1 Å². The van der Waals surface area contributed by atoms with Crippen LogP contribution in [0.1, 0.15) is 23.2 Å². The molecule has 116 valence electrons. The average molecular weight is 314 g/mol. The number of aliphatic hydroxyl groups excluding tert-OH is 1. The maximum Gasteiger partial charge on any atom is 0.252 e. The van der Waals surface area contributed by atoms with Crippen molar-refractivity contribution >= 4 is 15.9 Å². The van der Waals surface area contributed by atoms with Gasteiger partial charge < -0.3 is 15.6 Å². The van der Waals surface area contributed by atoms with Crippen molar-refractivity contribution in [1.29, 1.82) is 0 Å². The first-order valence-electron chi connectivity index (χ1n) is 6.50. The minimum absolute atomic E-state index is 0.0110. The number of ether oxygens (including phenoxy) is 1. The van der Waals surface area contributed by atoms with Crippen molar-refractivity contribution in [3.05, 3.63) is 23.8 Å². The molecule has 1 unspecified atom stereocenters. The van der Waals surface area contributed by atoms with Crippen molar-refractivity contribution in [3.8, 4) is 5.75 Å². The van der Waals surface area contributed by atoms with E-state index in [0.29, 0.717) is 0 Å². The fourth-order valence-electron chi connectivity index (χ4n) is 1.97. The predicted molar refractivity (Wildman–Crippen MR) is 75.4 cm³/mol. The molecule has 0 aromatic heterocycles. The molecule has 21 heavy (non-hydrogen) atoms. The molecule has 4 N–H and O–H groups in total. The Kier molecular flexibility index (Phi) is 4.50. The van der Waals surface area contributed by atoms with Gasteiger partial charge in [0.25, 0.3) is 5.91 Å². The third-order valence-corrected chi connectivity index (χ3v) is 4.82. The molecule has 1 saturated carbocycles. The van der Waals surface area contributed by atoms with Crippen LogP contribution in [0.15, 0.2) is 23.1 Å². The molecule has 1 aromatic rings. The molecule has 0 heterocycles. The lowest BCUT2D eigenvalue weighted by Crippen LogP contribution is -2.33. The summed E-state index contributed by atoms with van der Waals surface area (Å²) < 4.78 is 31.6. The van der Waals surface area contributed by atoms with Crippen LogP contribution >= 0.6 is 0 Å². The number of nitrogens with one attached hydrogen (secondary N) is 1. The second kappa shape index (κ2) is 6.00. The van der Waals surface area contributed by atoms with Crippen LogP contribution in [0.4, 0.5) is 0 Å². The number of carbonyl (C=O) groups excluding carboxylic acids is 1. The lowest BCUT2D eigenvalue weighted by molar-refractivity contribution is 0.0997. The fraction of sp³-hybridized carbons (Fsp3) is 0.462. The van der Waals surface area contributed by atoms with Gasteiger partial charge in [0.2, 0.25) is 10.0 Å². The van der Waals surface area contributed by atoms with Crippen LogP contribution in [-0.4, -0.2) is 39.2 Å². The molecule has 0 aliphatic heterocycles. The van der Waals surface area contributed by atoms with E-state index in [1.165, 1.54) is 19.2 Å². The summed E-state index contributed by atoms with van der Waals surface area (Å²) in [4.78, 5) is 11.2. The summed E-state index contributed by atoms with van der Waals surface area (Å²) >= 11 is 0. The average Bonchev–Trinajstić information content (AvgIpc) is 3.28. The molecule has 1 fully saturated rings. The molecule has 0 saturated heterocycles. The molecule has 1 aliphatic rings. The number of rotatable bonds is 7. The number of hydrogen-bond donors (Lipinski definition) is 3. The van der Waals surface area contributed by atoms with E-state index >= 15 is 0 Å². The normalized spacial score (nSPS) is 16.5. The highest BCUT2D eigenvalue weighted by atomic mass is 32.2. The molecular weight excluding hydrogens is 296 g/mol. The topological polar surface area (TPSA) is 119 Å². The summed E-state index contributed by atoms with van der Waals surface area (Å²) in [5, 5.41) is 9.70. The van der Waals surface area contributed by atoms with Crippen molar-refractivity contribution in [2.24, 2.45) is 11.7 Å². The Morgan fingerprint density at radius 2 is 2.19 bits per heavy atom.